The lowest BCUT2D eigenvalue weighted by Crippen LogP contribution is -2.09. The van der Waals surface area contributed by atoms with Gasteiger partial charge < -0.3 is 9.72 Å². The maximum atomic E-state index is 11.9. The Morgan fingerprint density at radius 1 is 1.36 bits per heavy atom. The smallest absolute Gasteiger partial charge is 0.309 e. The first-order valence-electron chi connectivity index (χ1n) is 8.04. The van der Waals surface area contributed by atoms with Crippen molar-refractivity contribution < 1.29 is 9.53 Å². The number of hydrogen-bond acceptors (Lipinski definition) is 4. The number of thioether (sulfide) groups is 1. The van der Waals surface area contributed by atoms with Crippen molar-refractivity contribution >= 4 is 28.8 Å². The van der Waals surface area contributed by atoms with E-state index in [-0.39, 0.29) is 18.0 Å². The van der Waals surface area contributed by atoms with E-state index in [1.165, 1.54) is 12.8 Å². The molecule has 0 bridgehead atoms. The zero-order chi connectivity index (χ0) is 15.4. The highest BCUT2D eigenvalue weighted by atomic mass is 32.2. The fraction of sp³-hybridized carbons (Fsp3) is 0.529. The van der Waals surface area contributed by atoms with Gasteiger partial charge in [-0.15, -0.1) is 0 Å². The van der Waals surface area contributed by atoms with E-state index in [0.29, 0.717) is 0 Å². The summed E-state index contributed by atoms with van der Waals surface area (Å²) in [6, 6.07) is 7.99. The normalized spacial score (nSPS) is 21.4. The van der Waals surface area contributed by atoms with Gasteiger partial charge in [0.05, 0.1) is 17.0 Å². The Morgan fingerprint density at radius 3 is 3.05 bits per heavy atom. The first-order valence-corrected chi connectivity index (χ1v) is 9.03. The molecule has 0 spiro atoms. The molecule has 1 aromatic heterocycles. The van der Waals surface area contributed by atoms with Crippen molar-refractivity contribution in [2.24, 2.45) is 5.92 Å². The van der Waals surface area contributed by atoms with Crippen LogP contribution in [-0.2, 0) is 9.53 Å². The molecule has 1 N–H and O–H groups in total. The van der Waals surface area contributed by atoms with E-state index in [9.17, 15) is 4.79 Å². The summed E-state index contributed by atoms with van der Waals surface area (Å²) in [7, 11) is 0. The molecule has 4 nitrogen and oxygen atoms in total. The van der Waals surface area contributed by atoms with E-state index < -0.39 is 0 Å². The van der Waals surface area contributed by atoms with E-state index in [1.54, 1.807) is 11.8 Å². The van der Waals surface area contributed by atoms with Gasteiger partial charge >= 0.3 is 5.97 Å². The Bertz CT molecular complexity index is 607. The predicted octanol–water partition coefficient (Wildman–Crippen LogP) is 4.17. The van der Waals surface area contributed by atoms with Crippen molar-refractivity contribution in [1.29, 1.82) is 0 Å². The van der Waals surface area contributed by atoms with Crippen LogP contribution < -0.4 is 0 Å². The average Bonchev–Trinajstić information content (AvgIpc) is 3.09. The SMILES string of the molecule is CCCCC[C@@H]1C[C@@H](CSc2nc3ccccc3[nH]2)OC1=O. The molecule has 1 fully saturated rings. The number of aromatic nitrogens is 2. The van der Waals surface area contributed by atoms with Gasteiger partial charge in [0, 0.05) is 5.75 Å². The first-order chi connectivity index (χ1) is 10.8. The summed E-state index contributed by atoms with van der Waals surface area (Å²) < 4.78 is 5.50. The summed E-state index contributed by atoms with van der Waals surface area (Å²) >= 11 is 1.63. The van der Waals surface area contributed by atoms with Crippen LogP contribution in [0.15, 0.2) is 29.4 Å². The third-order valence-corrected chi connectivity index (χ3v) is 5.10. The van der Waals surface area contributed by atoms with Gasteiger partial charge in [0.2, 0.25) is 0 Å². The summed E-state index contributed by atoms with van der Waals surface area (Å²) in [5.74, 6) is 0.870. The maximum absolute atomic E-state index is 11.9. The molecule has 0 aliphatic carbocycles. The predicted molar refractivity (Wildman–Crippen MR) is 88.9 cm³/mol. The highest BCUT2D eigenvalue weighted by Crippen LogP contribution is 2.30. The highest BCUT2D eigenvalue weighted by molar-refractivity contribution is 7.99. The van der Waals surface area contributed by atoms with Crippen LogP contribution in [0.1, 0.15) is 39.0 Å². The molecule has 2 heterocycles. The number of aromatic amines is 1. The summed E-state index contributed by atoms with van der Waals surface area (Å²) in [5.41, 5.74) is 2.02. The standard InChI is InChI=1S/C17H22N2O2S/c1-2-3-4-7-12-10-13(21-16(12)20)11-22-17-18-14-8-5-6-9-15(14)19-17/h5-6,8-9,12-13H,2-4,7,10-11H2,1H3,(H,18,19)/t12-,13+/m1/s1. The van der Waals surface area contributed by atoms with Crippen molar-refractivity contribution in [3.8, 4) is 0 Å². The molecular weight excluding hydrogens is 296 g/mol. The molecule has 3 rings (SSSR count). The number of hydrogen-bond donors (Lipinski definition) is 1. The summed E-state index contributed by atoms with van der Waals surface area (Å²) in [5, 5.41) is 0.895. The van der Waals surface area contributed by atoms with E-state index in [2.05, 4.69) is 16.9 Å². The Labute approximate surface area is 135 Å². The van der Waals surface area contributed by atoms with E-state index >= 15 is 0 Å². The Kier molecular flexibility index (Phi) is 5.03. The number of carbonyl (C=O) groups is 1. The molecule has 1 aliphatic rings. The van der Waals surface area contributed by atoms with Crippen LogP contribution in [0, 0.1) is 5.92 Å². The number of fused-ring (bicyclic) bond motifs is 1. The number of H-pyrrole nitrogens is 1. The van der Waals surface area contributed by atoms with Crippen molar-refractivity contribution in [2.75, 3.05) is 5.75 Å². The summed E-state index contributed by atoms with van der Waals surface area (Å²) in [4.78, 5) is 19.7. The minimum absolute atomic E-state index is 0.00805. The third kappa shape index (κ3) is 3.64. The fourth-order valence-electron chi connectivity index (χ4n) is 2.87. The number of para-hydroxylation sites is 2. The second-order valence-electron chi connectivity index (χ2n) is 5.86. The molecule has 0 unspecified atom stereocenters. The quantitative estimate of drug-likeness (QED) is 0.473. The molecular formula is C17H22N2O2S. The van der Waals surface area contributed by atoms with Crippen LogP contribution in [0.2, 0.25) is 0 Å². The minimum atomic E-state index is -0.00805. The molecule has 2 aromatic rings. The Balaban J connectivity index is 1.50. The van der Waals surface area contributed by atoms with Gasteiger partial charge in [0.1, 0.15) is 6.10 Å². The average molecular weight is 318 g/mol. The van der Waals surface area contributed by atoms with Crippen LogP contribution in [0.3, 0.4) is 0 Å². The minimum Gasteiger partial charge on any atom is -0.461 e. The van der Waals surface area contributed by atoms with Crippen LogP contribution in [0.25, 0.3) is 11.0 Å². The molecule has 1 aromatic carbocycles. The lowest BCUT2D eigenvalue weighted by atomic mass is 9.98. The zero-order valence-electron chi connectivity index (χ0n) is 12.9. The van der Waals surface area contributed by atoms with Crippen molar-refractivity contribution in [1.82, 2.24) is 9.97 Å². The van der Waals surface area contributed by atoms with Crippen LogP contribution in [-0.4, -0.2) is 27.8 Å². The molecule has 0 amide bonds. The molecule has 0 radical (unpaired) electrons. The number of ether oxygens (including phenoxy) is 1. The van der Waals surface area contributed by atoms with Gasteiger partial charge in [-0.1, -0.05) is 50.1 Å². The molecule has 2 atom stereocenters. The number of cyclic esters (lactones) is 1. The van der Waals surface area contributed by atoms with Crippen LogP contribution in [0.4, 0.5) is 0 Å². The van der Waals surface area contributed by atoms with E-state index in [0.717, 1.165) is 41.2 Å². The van der Waals surface area contributed by atoms with Gasteiger partial charge in [-0.3, -0.25) is 4.79 Å². The number of benzene rings is 1. The Morgan fingerprint density at radius 2 is 2.23 bits per heavy atom. The lowest BCUT2D eigenvalue weighted by molar-refractivity contribution is -0.143. The molecule has 5 heteroatoms. The van der Waals surface area contributed by atoms with Gasteiger partial charge in [0.15, 0.2) is 5.16 Å². The van der Waals surface area contributed by atoms with Gasteiger partial charge in [-0.05, 0) is 25.0 Å². The topological polar surface area (TPSA) is 55.0 Å². The third-order valence-electron chi connectivity index (χ3n) is 4.09. The molecule has 22 heavy (non-hydrogen) atoms. The van der Waals surface area contributed by atoms with E-state index in [1.807, 2.05) is 24.3 Å². The number of nitrogens with one attached hydrogen (secondary N) is 1. The largest absolute Gasteiger partial charge is 0.461 e. The molecule has 1 saturated heterocycles. The van der Waals surface area contributed by atoms with Crippen molar-refractivity contribution in [2.45, 2.75) is 50.3 Å². The Hall–Kier alpha value is -1.49. The first kappa shape index (κ1) is 15.4. The van der Waals surface area contributed by atoms with Gasteiger partial charge in [-0.2, -0.15) is 0 Å². The zero-order valence-corrected chi connectivity index (χ0v) is 13.7. The number of rotatable bonds is 7. The summed E-state index contributed by atoms with van der Waals surface area (Å²) in [6.07, 6.45) is 5.36. The van der Waals surface area contributed by atoms with E-state index in [4.69, 9.17) is 4.74 Å². The fourth-order valence-corrected chi connectivity index (χ4v) is 3.76. The van der Waals surface area contributed by atoms with Crippen LogP contribution in [0.5, 0.6) is 0 Å². The molecule has 1 aliphatic heterocycles. The second-order valence-corrected chi connectivity index (χ2v) is 6.87. The lowest BCUT2D eigenvalue weighted by Gasteiger charge is -2.06. The number of nitrogens with zero attached hydrogens (tertiary/aromatic N) is 1. The second kappa shape index (κ2) is 7.18. The van der Waals surface area contributed by atoms with Gasteiger partial charge in [-0.25, -0.2) is 4.98 Å². The monoisotopic (exact) mass is 318 g/mol. The number of esters is 1. The van der Waals surface area contributed by atoms with Gasteiger partial charge in [0.25, 0.3) is 0 Å². The molecule has 118 valence electrons. The number of unbranched alkanes of at least 4 members (excludes halogenated alkanes) is 2. The van der Waals surface area contributed by atoms with Crippen molar-refractivity contribution in [3.05, 3.63) is 24.3 Å². The highest BCUT2D eigenvalue weighted by Gasteiger charge is 2.33. The van der Waals surface area contributed by atoms with Crippen molar-refractivity contribution in [3.63, 3.8) is 0 Å². The number of carbonyl (C=O) groups excluding carboxylic acids is 1. The maximum Gasteiger partial charge on any atom is 0.309 e. The molecule has 0 saturated carbocycles. The summed E-state index contributed by atoms with van der Waals surface area (Å²) in [6.45, 7) is 2.18. The van der Waals surface area contributed by atoms with Crippen LogP contribution >= 0.6 is 11.8 Å². The number of imidazole rings is 1.